The highest BCUT2D eigenvalue weighted by atomic mass is 35.5. The molecular formula is C16H12ClFN2O2. The van der Waals surface area contributed by atoms with Crippen LogP contribution in [-0.2, 0) is 4.79 Å². The zero-order chi connectivity index (χ0) is 16.1. The Hall–Kier alpha value is -2.58. The number of carbonyl (C=O) groups is 1. The second kappa shape index (κ2) is 6.92. The Kier molecular flexibility index (Phi) is 4.97. The second-order valence-corrected chi connectivity index (χ2v) is 4.93. The average molecular weight is 319 g/mol. The molecule has 6 heteroatoms. The van der Waals surface area contributed by atoms with Crippen LogP contribution in [-0.4, -0.2) is 12.0 Å². The predicted octanol–water partition coefficient (Wildman–Crippen LogP) is 3.76. The van der Waals surface area contributed by atoms with Crippen molar-refractivity contribution in [2.45, 2.75) is 13.0 Å². The molecule has 0 spiro atoms. The van der Waals surface area contributed by atoms with Crippen LogP contribution in [0.5, 0.6) is 5.75 Å². The molecular weight excluding hydrogens is 307 g/mol. The van der Waals surface area contributed by atoms with Gasteiger partial charge in [-0.05, 0) is 37.3 Å². The lowest BCUT2D eigenvalue weighted by molar-refractivity contribution is -0.122. The second-order valence-electron chi connectivity index (χ2n) is 4.52. The number of anilines is 1. The SMILES string of the molecule is C[C@H](Oc1ccc(F)c(Cl)c1)C(=O)Nc1cccc(C#N)c1. The molecule has 0 saturated carbocycles. The Balaban J connectivity index is 2.02. The van der Waals surface area contributed by atoms with Gasteiger partial charge in [0.2, 0.25) is 0 Å². The van der Waals surface area contributed by atoms with E-state index in [-0.39, 0.29) is 5.02 Å². The van der Waals surface area contributed by atoms with Crippen molar-refractivity contribution in [3.8, 4) is 11.8 Å². The van der Waals surface area contributed by atoms with Gasteiger partial charge in [0.1, 0.15) is 11.6 Å². The fourth-order valence-corrected chi connectivity index (χ4v) is 1.89. The topological polar surface area (TPSA) is 62.1 Å². The van der Waals surface area contributed by atoms with E-state index in [4.69, 9.17) is 21.6 Å². The average Bonchev–Trinajstić information content (AvgIpc) is 2.51. The third-order valence-corrected chi connectivity index (χ3v) is 3.12. The summed E-state index contributed by atoms with van der Waals surface area (Å²) in [5.74, 6) is -0.658. The molecule has 0 fully saturated rings. The molecule has 112 valence electrons. The monoisotopic (exact) mass is 318 g/mol. The summed E-state index contributed by atoms with van der Waals surface area (Å²) in [6, 6.07) is 12.4. The Morgan fingerprint density at radius 3 is 2.82 bits per heavy atom. The molecule has 2 rings (SSSR count). The van der Waals surface area contributed by atoms with E-state index >= 15 is 0 Å². The summed E-state index contributed by atoms with van der Waals surface area (Å²) in [7, 11) is 0. The highest BCUT2D eigenvalue weighted by Gasteiger charge is 2.15. The quantitative estimate of drug-likeness (QED) is 0.933. The van der Waals surface area contributed by atoms with Crippen LogP contribution in [0.15, 0.2) is 42.5 Å². The Labute approximate surface area is 132 Å². The van der Waals surface area contributed by atoms with Crippen LogP contribution >= 0.6 is 11.6 Å². The van der Waals surface area contributed by atoms with Gasteiger partial charge in [0.25, 0.3) is 5.91 Å². The van der Waals surface area contributed by atoms with E-state index < -0.39 is 17.8 Å². The van der Waals surface area contributed by atoms with Crippen molar-refractivity contribution >= 4 is 23.2 Å². The number of amides is 1. The number of nitrogens with zero attached hydrogens (tertiary/aromatic N) is 1. The minimum atomic E-state index is -0.813. The number of ether oxygens (including phenoxy) is 1. The molecule has 4 nitrogen and oxygen atoms in total. The van der Waals surface area contributed by atoms with E-state index in [1.807, 2.05) is 6.07 Å². The summed E-state index contributed by atoms with van der Waals surface area (Å²) >= 11 is 5.65. The van der Waals surface area contributed by atoms with Gasteiger partial charge >= 0.3 is 0 Å². The van der Waals surface area contributed by atoms with E-state index in [9.17, 15) is 9.18 Å². The fraction of sp³-hybridized carbons (Fsp3) is 0.125. The molecule has 0 heterocycles. The predicted molar refractivity (Wildman–Crippen MR) is 81.3 cm³/mol. The Bertz CT molecular complexity index is 743. The minimum absolute atomic E-state index is 0.0770. The first-order chi connectivity index (χ1) is 10.5. The van der Waals surface area contributed by atoms with Crippen LogP contribution in [0.25, 0.3) is 0 Å². The molecule has 2 aromatic rings. The van der Waals surface area contributed by atoms with Gasteiger partial charge in [0.05, 0.1) is 16.7 Å². The molecule has 0 unspecified atom stereocenters. The van der Waals surface area contributed by atoms with Crippen LogP contribution in [0.3, 0.4) is 0 Å². The smallest absolute Gasteiger partial charge is 0.265 e. The number of carbonyl (C=O) groups excluding carboxylic acids is 1. The summed E-state index contributed by atoms with van der Waals surface area (Å²) in [5.41, 5.74) is 0.938. The molecule has 22 heavy (non-hydrogen) atoms. The zero-order valence-corrected chi connectivity index (χ0v) is 12.4. The van der Waals surface area contributed by atoms with Gasteiger partial charge in [-0.3, -0.25) is 4.79 Å². The zero-order valence-electron chi connectivity index (χ0n) is 11.6. The number of nitrogens with one attached hydrogen (secondary N) is 1. The van der Waals surface area contributed by atoms with Gasteiger partial charge in [0.15, 0.2) is 6.10 Å². The summed E-state index contributed by atoms with van der Waals surface area (Å²) < 4.78 is 18.5. The van der Waals surface area contributed by atoms with E-state index in [1.54, 1.807) is 31.2 Å². The number of rotatable bonds is 4. The van der Waals surface area contributed by atoms with Crippen molar-refractivity contribution in [1.82, 2.24) is 0 Å². The van der Waals surface area contributed by atoms with Crippen LogP contribution < -0.4 is 10.1 Å². The van der Waals surface area contributed by atoms with Gasteiger partial charge in [-0.1, -0.05) is 17.7 Å². The number of hydrogen-bond acceptors (Lipinski definition) is 3. The number of halogens is 2. The van der Waals surface area contributed by atoms with Gasteiger partial charge in [-0.25, -0.2) is 4.39 Å². The Morgan fingerprint density at radius 1 is 1.36 bits per heavy atom. The third kappa shape index (κ3) is 3.96. The lowest BCUT2D eigenvalue weighted by Gasteiger charge is -2.15. The van der Waals surface area contributed by atoms with Gasteiger partial charge in [0, 0.05) is 11.8 Å². The first kappa shape index (κ1) is 15.8. The molecule has 1 amide bonds. The minimum Gasteiger partial charge on any atom is -0.481 e. The molecule has 1 N–H and O–H groups in total. The summed E-state index contributed by atoms with van der Waals surface area (Å²) in [5, 5.41) is 11.4. The van der Waals surface area contributed by atoms with Crippen molar-refractivity contribution in [3.05, 3.63) is 58.9 Å². The van der Waals surface area contributed by atoms with Crippen molar-refractivity contribution in [2.75, 3.05) is 5.32 Å². The van der Waals surface area contributed by atoms with Crippen molar-refractivity contribution in [3.63, 3.8) is 0 Å². The fourth-order valence-electron chi connectivity index (χ4n) is 1.72. The Morgan fingerprint density at radius 2 is 2.14 bits per heavy atom. The van der Waals surface area contributed by atoms with Crippen LogP contribution in [0.2, 0.25) is 5.02 Å². The highest BCUT2D eigenvalue weighted by Crippen LogP contribution is 2.22. The van der Waals surface area contributed by atoms with Crippen LogP contribution in [0.4, 0.5) is 10.1 Å². The van der Waals surface area contributed by atoms with E-state index in [0.717, 1.165) is 0 Å². The molecule has 0 aliphatic carbocycles. The maximum Gasteiger partial charge on any atom is 0.265 e. The first-order valence-electron chi connectivity index (χ1n) is 6.42. The third-order valence-electron chi connectivity index (χ3n) is 2.83. The molecule has 0 bridgehead atoms. The van der Waals surface area contributed by atoms with Gasteiger partial charge in [-0.15, -0.1) is 0 Å². The maximum atomic E-state index is 13.1. The van der Waals surface area contributed by atoms with Crippen LogP contribution in [0.1, 0.15) is 12.5 Å². The molecule has 0 aromatic heterocycles. The number of nitriles is 1. The van der Waals surface area contributed by atoms with Crippen LogP contribution in [0, 0.1) is 17.1 Å². The molecule has 2 aromatic carbocycles. The largest absolute Gasteiger partial charge is 0.481 e. The molecule has 0 saturated heterocycles. The lowest BCUT2D eigenvalue weighted by atomic mass is 10.2. The van der Waals surface area contributed by atoms with Crippen molar-refractivity contribution in [2.24, 2.45) is 0 Å². The molecule has 0 radical (unpaired) electrons. The normalized spacial score (nSPS) is 11.4. The number of hydrogen-bond donors (Lipinski definition) is 1. The summed E-state index contributed by atoms with van der Waals surface area (Å²) in [6.45, 7) is 1.56. The standard InChI is InChI=1S/C16H12ClFN2O2/c1-10(22-13-5-6-15(18)14(17)8-13)16(21)20-12-4-2-3-11(7-12)9-19/h2-8,10H,1H3,(H,20,21)/t10-/m0/s1. The maximum absolute atomic E-state index is 13.1. The summed E-state index contributed by atoms with van der Waals surface area (Å²) in [6.07, 6.45) is -0.813. The van der Waals surface area contributed by atoms with Gasteiger partial charge < -0.3 is 10.1 Å². The van der Waals surface area contributed by atoms with E-state index in [0.29, 0.717) is 17.0 Å². The molecule has 0 aliphatic heterocycles. The van der Waals surface area contributed by atoms with E-state index in [1.165, 1.54) is 18.2 Å². The molecule has 0 aliphatic rings. The van der Waals surface area contributed by atoms with Crippen molar-refractivity contribution < 1.29 is 13.9 Å². The summed E-state index contributed by atoms with van der Waals surface area (Å²) in [4.78, 5) is 12.0. The molecule has 1 atom stereocenters. The van der Waals surface area contributed by atoms with Crippen molar-refractivity contribution in [1.29, 1.82) is 5.26 Å². The lowest BCUT2D eigenvalue weighted by Crippen LogP contribution is -2.30. The number of benzene rings is 2. The first-order valence-corrected chi connectivity index (χ1v) is 6.80. The highest BCUT2D eigenvalue weighted by molar-refractivity contribution is 6.30. The van der Waals surface area contributed by atoms with Gasteiger partial charge in [-0.2, -0.15) is 5.26 Å². The van der Waals surface area contributed by atoms with E-state index in [2.05, 4.69) is 5.32 Å².